The van der Waals surface area contributed by atoms with Crippen LogP contribution in [0.1, 0.15) is 24.0 Å². The third kappa shape index (κ3) is 2.62. The molecule has 1 saturated heterocycles. The fourth-order valence-corrected chi connectivity index (χ4v) is 4.96. The Bertz CT molecular complexity index is 583. The molecule has 1 aromatic carbocycles. The molecule has 19 heavy (non-hydrogen) atoms. The van der Waals surface area contributed by atoms with Gasteiger partial charge in [0, 0.05) is 24.8 Å². The number of hydrogen-bond acceptors (Lipinski definition) is 4. The molecule has 0 radical (unpaired) electrons. The molecule has 0 aromatic heterocycles. The van der Waals surface area contributed by atoms with Crippen molar-refractivity contribution in [1.29, 1.82) is 0 Å². The molecule has 4 nitrogen and oxygen atoms in total. The number of nitrogens with zero attached hydrogens (tertiary/aromatic N) is 1. The Hall–Kier alpha value is -1.07. The summed E-state index contributed by atoms with van der Waals surface area (Å²) in [4.78, 5) is 2.30. The van der Waals surface area contributed by atoms with Gasteiger partial charge >= 0.3 is 0 Å². The van der Waals surface area contributed by atoms with Gasteiger partial charge in [-0.1, -0.05) is 12.1 Å². The molecule has 0 aliphatic carbocycles. The largest absolute Gasteiger partial charge is 0.398 e. The smallest absolute Gasteiger partial charge is 0.151 e. The minimum absolute atomic E-state index is 0.173. The van der Waals surface area contributed by atoms with Crippen LogP contribution in [-0.2, 0) is 22.8 Å². The quantitative estimate of drug-likeness (QED) is 0.785. The maximum atomic E-state index is 11.8. The van der Waals surface area contributed by atoms with Crippen molar-refractivity contribution >= 4 is 15.5 Å². The Labute approximate surface area is 114 Å². The lowest BCUT2D eigenvalue weighted by atomic mass is 9.96. The van der Waals surface area contributed by atoms with Crippen molar-refractivity contribution in [3.05, 3.63) is 29.3 Å². The molecule has 2 aliphatic rings. The summed E-state index contributed by atoms with van der Waals surface area (Å²) < 4.78 is 23.5. The molecule has 1 unspecified atom stereocenters. The maximum absolute atomic E-state index is 11.8. The molecule has 1 fully saturated rings. The highest BCUT2D eigenvalue weighted by molar-refractivity contribution is 7.91. The number of rotatable bonds is 1. The van der Waals surface area contributed by atoms with Crippen molar-refractivity contribution in [1.82, 2.24) is 4.90 Å². The lowest BCUT2D eigenvalue weighted by Gasteiger charge is -2.37. The van der Waals surface area contributed by atoms with Crippen LogP contribution in [0.25, 0.3) is 0 Å². The van der Waals surface area contributed by atoms with Gasteiger partial charge in [0.15, 0.2) is 9.84 Å². The summed E-state index contributed by atoms with van der Waals surface area (Å²) in [6, 6.07) is 6.22. The zero-order valence-corrected chi connectivity index (χ0v) is 11.8. The molecule has 2 aliphatic heterocycles. The van der Waals surface area contributed by atoms with Gasteiger partial charge in [-0.05, 0) is 36.5 Å². The second-order valence-electron chi connectivity index (χ2n) is 5.62. The monoisotopic (exact) mass is 280 g/mol. The number of fused-ring (bicyclic) bond motifs is 1. The first-order chi connectivity index (χ1) is 9.05. The van der Waals surface area contributed by atoms with Gasteiger partial charge in [-0.25, -0.2) is 8.42 Å². The van der Waals surface area contributed by atoms with Crippen LogP contribution in [0.3, 0.4) is 0 Å². The summed E-state index contributed by atoms with van der Waals surface area (Å²) >= 11 is 0. The van der Waals surface area contributed by atoms with E-state index in [-0.39, 0.29) is 6.04 Å². The first-order valence-electron chi connectivity index (χ1n) is 6.86. The van der Waals surface area contributed by atoms with Crippen LogP contribution in [0.15, 0.2) is 18.2 Å². The van der Waals surface area contributed by atoms with E-state index in [4.69, 9.17) is 5.73 Å². The van der Waals surface area contributed by atoms with Crippen molar-refractivity contribution in [3.8, 4) is 0 Å². The zero-order valence-electron chi connectivity index (χ0n) is 11.0. The van der Waals surface area contributed by atoms with Gasteiger partial charge in [-0.2, -0.15) is 0 Å². The topological polar surface area (TPSA) is 63.4 Å². The van der Waals surface area contributed by atoms with Crippen molar-refractivity contribution < 1.29 is 8.42 Å². The van der Waals surface area contributed by atoms with Crippen LogP contribution in [0.2, 0.25) is 0 Å². The van der Waals surface area contributed by atoms with Crippen LogP contribution in [0.4, 0.5) is 5.69 Å². The Morgan fingerprint density at radius 1 is 1.32 bits per heavy atom. The summed E-state index contributed by atoms with van der Waals surface area (Å²) in [6.45, 7) is 1.73. The molecule has 1 atom stereocenters. The minimum Gasteiger partial charge on any atom is -0.398 e. The fraction of sp³-hybridized carbons (Fsp3) is 0.571. The van der Waals surface area contributed by atoms with E-state index < -0.39 is 9.84 Å². The van der Waals surface area contributed by atoms with E-state index in [0.29, 0.717) is 11.5 Å². The maximum Gasteiger partial charge on any atom is 0.151 e. The van der Waals surface area contributed by atoms with E-state index in [1.165, 1.54) is 11.1 Å². The van der Waals surface area contributed by atoms with Crippen LogP contribution < -0.4 is 5.73 Å². The van der Waals surface area contributed by atoms with Crippen molar-refractivity contribution in [3.63, 3.8) is 0 Å². The fourth-order valence-electron chi connectivity index (χ4n) is 3.23. The van der Waals surface area contributed by atoms with Gasteiger partial charge in [0.05, 0.1) is 11.5 Å². The van der Waals surface area contributed by atoms with Crippen LogP contribution in [0.5, 0.6) is 0 Å². The van der Waals surface area contributed by atoms with Crippen molar-refractivity contribution in [2.24, 2.45) is 0 Å². The second kappa shape index (κ2) is 4.80. The van der Waals surface area contributed by atoms with E-state index in [0.717, 1.165) is 38.0 Å². The number of hydrogen-bond donors (Lipinski definition) is 1. The average Bonchev–Trinajstić information content (AvgIpc) is 2.38. The van der Waals surface area contributed by atoms with E-state index in [9.17, 15) is 8.42 Å². The predicted octanol–water partition coefficient (Wildman–Crippen LogP) is 1.20. The first kappa shape index (κ1) is 12.9. The van der Waals surface area contributed by atoms with Crippen molar-refractivity contribution in [2.45, 2.75) is 31.8 Å². The molecule has 1 aromatic rings. The van der Waals surface area contributed by atoms with Gasteiger partial charge in [-0.3, -0.25) is 4.90 Å². The van der Waals surface area contributed by atoms with Crippen LogP contribution in [0, 0.1) is 0 Å². The number of nitrogen functional groups attached to an aromatic ring is 1. The van der Waals surface area contributed by atoms with E-state index in [1.54, 1.807) is 0 Å². The Morgan fingerprint density at radius 3 is 2.95 bits per heavy atom. The summed E-state index contributed by atoms with van der Waals surface area (Å²) in [5.74, 6) is 0.672. The molecule has 0 amide bonds. The highest BCUT2D eigenvalue weighted by atomic mass is 32.2. The highest BCUT2D eigenvalue weighted by Gasteiger charge is 2.31. The third-order valence-corrected chi connectivity index (χ3v) is 6.10. The molecule has 0 saturated carbocycles. The van der Waals surface area contributed by atoms with Crippen LogP contribution >= 0.6 is 0 Å². The molecule has 3 rings (SSSR count). The van der Waals surface area contributed by atoms with E-state index in [2.05, 4.69) is 11.0 Å². The first-order valence-corrected chi connectivity index (χ1v) is 8.68. The van der Waals surface area contributed by atoms with Gasteiger partial charge < -0.3 is 5.73 Å². The lowest BCUT2D eigenvalue weighted by molar-refractivity contribution is 0.180. The molecule has 2 N–H and O–H groups in total. The summed E-state index contributed by atoms with van der Waals surface area (Å²) in [7, 11) is -2.84. The highest BCUT2D eigenvalue weighted by Crippen LogP contribution is 2.28. The molecule has 2 heterocycles. The Balaban J connectivity index is 1.80. The Kier molecular flexibility index (Phi) is 3.27. The molecule has 0 spiro atoms. The van der Waals surface area contributed by atoms with Gasteiger partial charge in [0.2, 0.25) is 0 Å². The number of sulfone groups is 1. The van der Waals surface area contributed by atoms with Gasteiger partial charge in [0.1, 0.15) is 0 Å². The zero-order chi connectivity index (χ0) is 13.5. The SMILES string of the molecule is Nc1cccc2c1CN(C1CCCS(=O)(=O)C1)CC2. The number of nitrogens with two attached hydrogens (primary N) is 1. The van der Waals surface area contributed by atoms with Gasteiger partial charge in [-0.15, -0.1) is 0 Å². The van der Waals surface area contributed by atoms with Gasteiger partial charge in [0.25, 0.3) is 0 Å². The van der Waals surface area contributed by atoms with E-state index >= 15 is 0 Å². The average molecular weight is 280 g/mol. The molecule has 0 bridgehead atoms. The second-order valence-corrected chi connectivity index (χ2v) is 7.84. The van der Waals surface area contributed by atoms with E-state index in [1.807, 2.05) is 12.1 Å². The minimum atomic E-state index is -2.84. The molecule has 5 heteroatoms. The summed E-state index contributed by atoms with van der Waals surface area (Å²) in [6.07, 6.45) is 2.75. The summed E-state index contributed by atoms with van der Waals surface area (Å²) in [5.41, 5.74) is 9.38. The molecule has 104 valence electrons. The Morgan fingerprint density at radius 2 is 2.16 bits per heavy atom. The normalized spacial score (nSPS) is 26.8. The standard InChI is InChI=1S/C14H20N2O2S/c15-14-5-1-3-11-6-7-16(9-13(11)14)12-4-2-8-19(17,18)10-12/h1,3,5,12H,2,4,6-10,15H2. The number of anilines is 1. The van der Waals surface area contributed by atoms with Crippen LogP contribution in [-0.4, -0.2) is 37.4 Å². The predicted molar refractivity (Wildman–Crippen MR) is 76.6 cm³/mol. The third-order valence-electron chi connectivity index (χ3n) is 4.29. The molecular weight excluding hydrogens is 260 g/mol. The lowest BCUT2D eigenvalue weighted by Crippen LogP contribution is -2.45. The summed E-state index contributed by atoms with van der Waals surface area (Å²) in [5, 5.41) is 0. The molecular formula is C14H20N2O2S. The number of benzene rings is 1. The van der Waals surface area contributed by atoms with Crippen molar-refractivity contribution in [2.75, 3.05) is 23.8 Å².